The fourth-order valence-corrected chi connectivity index (χ4v) is 3.91. The van der Waals surface area contributed by atoms with Gasteiger partial charge in [0.05, 0.1) is 5.75 Å². The van der Waals surface area contributed by atoms with E-state index in [4.69, 9.17) is 0 Å². The van der Waals surface area contributed by atoms with E-state index < -0.39 is 0 Å². The van der Waals surface area contributed by atoms with E-state index in [-0.39, 0.29) is 5.91 Å². The van der Waals surface area contributed by atoms with Crippen LogP contribution in [-0.2, 0) is 4.79 Å². The fraction of sp³-hybridized carbons (Fsp3) is 0.500. The van der Waals surface area contributed by atoms with Gasteiger partial charge in [0.15, 0.2) is 5.16 Å². The zero-order valence-electron chi connectivity index (χ0n) is 14.2. The van der Waals surface area contributed by atoms with Gasteiger partial charge >= 0.3 is 0 Å². The molecule has 0 spiro atoms. The van der Waals surface area contributed by atoms with E-state index in [0.29, 0.717) is 17.7 Å². The van der Waals surface area contributed by atoms with E-state index in [1.54, 1.807) is 6.33 Å². The molecule has 2 unspecified atom stereocenters. The van der Waals surface area contributed by atoms with Crippen LogP contribution in [0.2, 0.25) is 0 Å². The van der Waals surface area contributed by atoms with Gasteiger partial charge in [0.25, 0.3) is 0 Å². The van der Waals surface area contributed by atoms with Crippen LogP contribution in [0.1, 0.15) is 38.2 Å². The second-order valence-corrected chi connectivity index (χ2v) is 7.59. The zero-order valence-corrected chi connectivity index (χ0v) is 15.1. The molecule has 24 heavy (non-hydrogen) atoms. The highest BCUT2D eigenvalue weighted by Gasteiger charge is 2.20. The number of nitrogens with one attached hydrogen (secondary N) is 1. The number of amides is 1. The van der Waals surface area contributed by atoms with Crippen molar-refractivity contribution in [1.82, 2.24) is 20.1 Å². The van der Waals surface area contributed by atoms with Crippen molar-refractivity contribution in [2.75, 3.05) is 5.75 Å². The van der Waals surface area contributed by atoms with Gasteiger partial charge in [-0.1, -0.05) is 49.2 Å². The van der Waals surface area contributed by atoms with Gasteiger partial charge < -0.3 is 5.32 Å². The number of aromatic nitrogens is 3. The summed E-state index contributed by atoms with van der Waals surface area (Å²) >= 11 is 1.43. The highest BCUT2D eigenvalue weighted by Crippen LogP contribution is 2.24. The van der Waals surface area contributed by atoms with E-state index in [9.17, 15) is 4.79 Å². The highest BCUT2D eigenvalue weighted by molar-refractivity contribution is 7.99. The topological polar surface area (TPSA) is 59.8 Å². The summed E-state index contributed by atoms with van der Waals surface area (Å²) in [4.78, 5) is 12.2. The van der Waals surface area contributed by atoms with Gasteiger partial charge in [0, 0.05) is 11.7 Å². The van der Waals surface area contributed by atoms with Crippen LogP contribution in [0.5, 0.6) is 0 Å². The molecule has 0 radical (unpaired) electrons. The Kier molecular flexibility index (Phi) is 5.56. The largest absolute Gasteiger partial charge is 0.353 e. The SMILES string of the molecule is Cc1ccc(-n2cnnc2SCC(=O)NC2CCCC(C)C2)cc1. The minimum Gasteiger partial charge on any atom is -0.353 e. The van der Waals surface area contributed by atoms with Crippen LogP contribution in [0.4, 0.5) is 0 Å². The number of nitrogens with zero attached hydrogens (tertiary/aromatic N) is 3. The fourth-order valence-electron chi connectivity index (χ4n) is 3.17. The van der Waals surface area contributed by atoms with Crippen LogP contribution in [0.25, 0.3) is 5.69 Å². The highest BCUT2D eigenvalue weighted by atomic mass is 32.2. The molecule has 1 aromatic heterocycles. The Balaban J connectivity index is 1.56. The molecule has 3 rings (SSSR count). The van der Waals surface area contributed by atoms with E-state index in [0.717, 1.165) is 23.7 Å². The van der Waals surface area contributed by atoms with Crippen LogP contribution < -0.4 is 5.32 Å². The van der Waals surface area contributed by atoms with Gasteiger partial charge in [0.1, 0.15) is 6.33 Å². The normalized spacial score (nSPS) is 20.8. The van der Waals surface area contributed by atoms with Gasteiger partial charge in [0.2, 0.25) is 5.91 Å². The molecule has 1 aliphatic rings. The number of carbonyl (C=O) groups excluding carboxylic acids is 1. The molecule has 0 bridgehead atoms. The number of aryl methyl sites for hydroxylation is 1. The van der Waals surface area contributed by atoms with Crippen molar-refractivity contribution in [3.05, 3.63) is 36.2 Å². The molecular weight excluding hydrogens is 320 g/mol. The summed E-state index contributed by atoms with van der Waals surface area (Å²) in [7, 11) is 0. The van der Waals surface area contributed by atoms with Crippen molar-refractivity contribution < 1.29 is 4.79 Å². The third kappa shape index (κ3) is 4.38. The van der Waals surface area contributed by atoms with Crippen molar-refractivity contribution in [2.24, 2.45) is 5.92 Å². The minimum atomic E-state index is 0.0811. The second kappa shape index (κ2) is 7.83. The maximum atomic E-state index is 12.2. The number of rotatable bonds is 5. The third-order valence-corrected chi connectivity index (χ3v) is 5.41. The predicted molar refractivity (Wildman–Crippen MR) is 96.4 cm³/mol. The lowest BCUT2D eigenvalue weighted by Gasteiger charge is -2.27. The Labute approximate surface area is 147 Å². The second-order valence-electron chi connectivity index (χ2n) is 6.64. The molecule has 1 heterocycles. The number of thioether (sulfide) groups is 1. The van der Waals surface area contributed by atoms with Crippen LogP contribution >= 0.6 is 11.8 Å². The predicted octanol–water partition coefficient (Wildman–Crippen LogP) is 3.36. The molecule has 6 heteroatoms. The molecule has 2 aromatic rings. The summed E-state index contributed by atoms with van der Waals surface area (Å²) in [5.41, 5.74) is 2.22. The van der Waals surface area contributed by atoms with Gasteiger partial charge in [-0.15, -0.1) is 10.2 Å². The van der Waals surface area contributed by atoms with E-state index in [2.05, 4.69) is 41.5 Å². The lowest BCUT2D eigenvalue weighted by molar-refractivity contribution is -0.119. The Hall–Kier alpha value is -1.82. The number of hydrogen-bond donors (Lipinski definition) is 1. The minimum absolute atomic E-state index is 0.0811. The smallest absolute Gasteiger partial charge is 0.230 e. The summed E-state index contributed by atoms with van der Waals surface area (Å²) in [5, 5.41) is 12.0. The first-order valence-electron chi connectivity index (χ1n) is 8.51. The van der Waals surface area contributed by atoms with Gasteiger partial charge in [-0.2, -0.15) is 0 Å². The molecule has 2 atom stereocenters. The molecule has 1 N–H and O–H groups in total. The zero-order chi connectivity index (χ0) is 16.9. The van der Waals surface area contributed by atoms with Crippen molar-refractivity contribution in [1.29, 1.82) is 0 Å². The first-order valence-corrected chi connectivity index (χ1v) is 9.49. The molecule has 0 saturated heterocycles. The molecule has 1 aromatic carbocycles. The molecule has 1 saturated carbocycles. The average molecular weight is 344 g/mol. The lowest BCUT2D eigenvalue weighted by atomic mass is 9.87. The standard InChI is InChI=1S/C18H24N4OS/c1-13-6-8-16(9-7-13)22-12-19-21-18(22)24-11-17(23)20-15-5-3-4-14(2)10-15/h6-9,12,14-15H,3-5,10-11H2,1-2H3,(H,20,23). The Morgan fingerprint density at radius 2 is 2.12 bits per heavy atom. The van der Waals surface area contributed by atoms with Gasteiger partial charge in [-0.05, 0) is 37.8 Å². The molecule has 1 fully saturated rings. The van der Waals surface area contributed by atoms with E-state index in [1.807, 2.05) is 16.7 Å². The Morgan fingerprint density at radius 3 is 2.88 bits per heavy atom. The average Bonchev–Trinajstić information content (AvgIpc) is 3.02. The Morgan fingerprint density at radius 1 is 1.33 bits per heavy atom. The first kappa shape index (κ1) is 17.0. The number of carbonyl (C=O) groups is 1. The monoisotopic (exact) mass is 344 g/mol. The molecule has 0 aliphatic heterocycles. The molecule has 1 amide bonds. The molecule has 5 nitrogen and oxygen atoms in total. The first-order chi connectivity index (χ1) is 11.6. The summed E-state index contributed by atoms with van der Waals surface area (Å²) in [6.45, 7) is 4.32. The molecular formula is C18H24N4OS. The van der Waals surface area contributed by atoms with Crippen molar-refractivity contribution in [2.45, 2.75) is 50.7 Å². The maximum absolute atomic E-state index is 12.2. The van der Waals surface area contributed by atoms with E-state index >= 15 is 0 Å². The molecule has 128 valence electrons. The quantitative estimate of drug-likeness (QED) is 0.845. The summed E-state index contributed by atoms with van der Waals surface area (Å²) < 4.78 is 1.92. The summed E-state index contributed by atoms with van der Waals surface area (Å²) in [6.07, 6.45) is 6.37. The van der Waals surface area contributed by atoms with E-state index in [1.165, 1.54) is 30.2 Å². The van der Waals surface area contributed by atoms with Crippen molar-refractivity contribution in [3.8, 4) is 5.69 Å². The Bertz CT molecular complexity index is 683. The lowest BCUT2D eigenvalue weighted by Crippen LogP contribution is -2.38. The number of benzene rings is 1. The van der Waals surface area contributed by atoms with Crippen LogP contribution in [0.15, 0.2) is 35.7 Å². The van der Waals surface area contributed by atoms with Gasteiger partial charge in [-0.3, -0.25) is 9.36 Å². The van der Waals surface area contributed by atoms with Gasteiger partial charge in [-0.25, -0.2) is 0 Å². The third-order valence-electron chi connectivity index (χ3n) is 4.46. The maximum Gasteiger partial charge on any atom is 0.230 e. The summed E-state index contributed by atoms with van der Waals surface area (Å²) in [6, 6.07) is 8.51. The van der Waals surface area contributed by atoms with Crippen LogP contribution in [-0.4, -0.2) is 32.5 Å². The number of hydrogen-bond acceptors (Lipinski definition) is 4. The summed E-state index contributed by atoms with van der Waals surface area (Å²) in [5.74, 6) is 1.16. The van der Waals surface area contributed by atoms with Crippen molar-refractivity contribution in [3.63, 3.8) is 0 Å². The van der Waals surface area contributed by atoms with Crippen LogP contribution in [0.3, 0.4) is 0 Å². The van der Waals surface area contributed by atoms with Crippen molar-refractivity contribution >= 4 is 17.7 Å². The van der Waals surface area contributed by atoms with Crippen LogP contribution in [0, 0.1) is 12.8 Å². The molecule has 1 aliphatic carbocycles.